The number of nitrogens with zero attached hydrogens (tertiary/aromatic N) is 3. The number of rotatable bonds is 6. The standard InChI is InChI=1S/C19H24F3N5O2S/c20-19(21,22)16-11-14(15-3-1-10-30-15)25-17-13(12-24-27(16)17)18(28)23-4-2-5-26-6-8-29-9-7-26/h1,3,10,12,14,16,25H,2,4-9,11H2,(H,23,28)/t14-,16+/m1/s1. The Bertz CT molecular complexity index is 849. The molecule has 2 aromatic heterocycles. The second-order valence-corrected chi connectivity index (χ2v) is 8.40. The number of fused-ring (bicyclic) bond motifs is 1. The molecule has 4 heterocycles. The summed E-state index contributed by atoms with van der Waals surface area (Å²) in [6, 6.07) is 1.31. The summed E-state index contributed by atoms with van der Waals surface area (Å²) in [5.74, 6) is -0.300. The number of amides is 1. The first-order chi connectivity index (χ1) is 14.4. The number of morpholine rings is 1. The van der Waals surface area contributed by atoms with Crippen LogP contribution in [-0.4, -0.2) is 66.2 Å². The molecule has 1 fully saturated rings. The number of aromatic nitrogens is 2. The lowest BCUT2D eigenvalue weighted by molar-refractivity contribution is -0.173. The van der Waals surface area contributed by atoms with Crippen LogP contribution in [0.25, 0.3) is 0 Å². The third kappa shape index (κ3) is 4.62. The fourth-order valence-electron chi connectivity index (χ4n) is 3.83. The first kappa shape index (κ1) is 21.1. The highest BCUT2D eigenvalue weighted by molar-refractivity contribution is 7.10. The van der Waals surface area contributed by atoms with Gasteiger partial charge < -0.3 is 15.4 Å². The van der Waals surface area contributed by atoms with Crippen LogP contribution in [0.15, 0.2) is 23.7 Å². The SMILES string of the molecule is O=C(NCCCN1CCOCC1)c1cnn2c1N[C@@H](c1cccs1)C[C@H]2C(F)(F)F. The quantitative estimate of drug-likeness (QED) is 0.672. The molecule has 0 saturated carbocycles. The molecule has 0 unspecified atom stereocenters. The van der Waals surface area contributed by atoms with Crippen molar-refractivity contribution in [1.82, 2.24) is 20.0 Å². The van der Waals surface area contributed by atoms with Crippen molar-refractivity contribution < 1.29 is 22.7 Å². The van der Waals surface area contributed by atoms with Gasteiger partial charge in [0.05, 0.1) is 25.5 Å². The van der Waals surface area contributed by atoms with Gasteiger partial charge in [0, 0.05) is 30.9 Å². The van der Waals surface area contributed by atoms with Gasteiger partial charge in [0.1, 0.15) is 11.4 Å². The molecule has 0 aromatic carbocycles. The number of thiophene rings is 1. The second kappa shape index (κ2) is 8.94. The lowest BCUT2D eigenvalue weighted by atomic mass is 10.0. The van der Waals surface area contributed by atoms with E-state index >= 15 is 0 Å². The van der Waals surface area contributed by atoms with Crippen molar-refractivity contribution >= 4 is 23.1 Å². The summed E-state index contributed by atoms with van der Waals surface area (Å²) >= 11 is 1.39. The van der Waals surface area contributed by atoms with Crippen LogP contribution in [-0.2, 0) is 4.74 Å². The van der Waals surface area contributed by atoms with Crippen LogP contribution in [0, 0.1) is 0 Å². The van der Waals surface area contributed by atoms with Gasteiger partial charge in [-0.25, -0.2) is 4.68 Å². The van der Waals surface area contributed by atoms with Crippen LogP contribution < -0.4 is 10.6 Å². The first-order valence-electron chi connectivity index (χ1n) is 9.96. The van der Waals surface area contributed by atoms with E-state index in [0.29, 0.717) is 19.8 Å². The molecule has 7 nitrogen and oxygen atoms in total. The van der Waals surface area contributed by atoms with Gasteiger partial charge in [-0.15, -0.1) is 11.3 Å². The van der Waals surface area contributed by atoms with Crippen LogP contribution in [0.2, 0.25) is 0 Å². The van der Waals surface area contributed by atoms with E-state index in [-0.39, 0.29) is 17.8 Å². The Hall–Kier alpha value is -2.11. The minimum absolute atomic E-state index is 0.118. The van der Waals surface area contributed by atoms with Crippen LogP contribution in [0.4, 0.5) is 19.0 Å². The maximum absolute atomic E-state index is 13.7. The zero-order valence-electron chi connectivity index (χ0n) is 16.3. The Balaban J connectivity index is 1.43. The average Bonchev–Trinajstić information content (AvgIpc) is 3.40. The van der Waals surface area contributed by atoms with Crippen LogP contribution >= 0.6 is 11.3 Å². The zero-order chi connectivity index (χ0) is 21.1. The molecule has 2 atom stereocenters. The van der Waals surface area contributed by atoms with E-state index in [0.717, 1.165) is 35.6 Å². The molecule has 2 aliphatic heterocycles. The Morgan fingerprint density at radius 3 is 2.87 bits per heavy atom. The molecule has 30 heavy (non-hydrogen) atoms. The third-order valence-corrected chi connectivity index (χ3v) is 6.40. The van der Waals surface area contributed by atoms with Crippen LogP contribution in [0.3, 0.4) is 0 Å². The van der Waals surface area contributed by atoms with E-state index in [1.54, 1.807) is 12.1 Å². The van der Waals surface area contributed by atoms with Gasteiger partial charge >= 0.3 is 6.18 Å². The highest BCUT2D eigenvalue weighted by atomic mass is 32.1. The van der Waals surface area contributed by atoms with E-state index in [2.05, 4.69) is 20.6 Å². The number of carbonyl (C=O) groups is 1. The summed E-state index contributed by atoms with van der Waals surface area (Å²) < 4.78 is 47.2. The smallest absolute Gasteiger partial charge is 0.379 e. The molecule has 2 N–H and O–H groups in total. The van der Waals surface area contributed by atoms with Crippen molar-refractivity contribution in [2.24, 2.45) is 0 Å². The minimum atomic E-state index is -4.45. The van der Waals surface area contributed by atoms with Gasteiger partial charge in [-0.05, 0) is 24.4 Å². The van der Waals surface area contributed by atoms with E-state index < -0.39 is 24.2 Å². The number of carbonyl (C=O) groups excluding carboxylic acids is 1. The third-order valence-electron chi connectivity index (χ3n) is 5.41. The van der Waals surface area contributed by atoms with E-state index in [9.17, 15) is 18.0 Å². The molecule has 164 valence electrons. The molecule has 1 amide bonds. The first-order valence-corrected chi connectivity index (χ1v) is 10.8. The zero-order valence-corrected chi connectivity index (χ0v) is 17.1. The highest BCUT2D eigenvalue weighted by Crippen LogP contribution is 2.44. The monoisotopic (exact) mass is 443 g/mol. The average molecular weight is 443 g/mol. The van der Waals surface area contributed by atoms with Gasteiger partial charge in [-0.2, -0.15) is 18.3 Å². The molecule has 2 aromatic rings. The molecule has 0 radical (unpaired) electrons. The predicted molar refractivity (Wildman–Crippen MR) is 107 cm³/mol. The summed E-state index contributed by atoms with van der Waals surface area (Å²) in [4.78, 5) is 15.7. The number of halogens is 3. The van der Waals surface area contributed by atoms with Gasteiger partial charge in [-0.1, -0.05) is 6.07 Å². The molecule has 0 aliphatic carbocycles. The largest absolute Gasteiger partial charge is 0.410 e. The Labute approximate surface area is 176 Å². The summed E-state index contributed by atoms with van der Waals surface area (Å²) in [6.45, 7) is 4.45. The van der Waals surface area contributed by atoms with Crippen molar-refractivity contribution in [3.05, 3.63) is 34.2 Å². The maximum atomic E-state index is 13.7. The van der Waals surface area contributed by atoms with Crippen molar-refractivity contribution in [1.29, 1.82) is 0 Å². The summed E-state index contributed by atoms with van der Waals surface area (Å²) in [5, 5.41) is 11.6. The van der Waals surface area contributed by atoms with Crippen molar-refractivity contribution in [2.45, 2.75) is 31.1 Å². The van der Waals surface area contributed by atoms with Crippen molar-refractivity contribution in [3.63, 3.8) is 0 Å². The normalized spacial score (nSPS) is 22.4. The van der Waals surface area contributed by atoms with E-state index in [4.69, 9.17) is 4.74 Å². The molecule has 11 heteroatoms. The van der Waals surface area contributed by atoms with Crippen LogP contribution in [0.5, 0.6) is 0 Å². The van der Waals surface area contributed by atoms with Gasteiger partial charge in [-0.3, -0.25) is 9.69 Å². The van der Waals surface area contributed by atoms with Crippen molar-refractivity contribution in [2.75, 3.05) is 44.7 Å². The number of anilines is 1. The Morgan fingerprint density at radius 2 is 2.17 bits per heavy atom. The second-order valence-electron chi connectivity index (χ2n) is 7.42. The Kier molecular flexibility index (Phi) is 6.30. The highest BCUT2D eigenvalue weighted by Gasteiger charge is 2.47. The number of nitrogens with one attached hydrogen (secondary N) is 2. The molecule has 1 saturated heterocycles. The maximum Gasteiger partial charge on any atom is 0.410 e. The number of alkyl halides is 3. The molecular weight excluding hydrogens is 419 g/mol. The summed E-state index contributed by atoms with van der Waals surface area (Å²) in [5.41, 5.74) is 0.136. The van der Waals surface area contributed by atoms with Crippen LogP contribution in [0.1, 0.15) is 40.2 Å². The number of hydrogen-bond donors (Lipinski definition) is 2. The molecule has 0 spiro atoms. The van der Waals surface area contributed by atoms with Gasteiger partial charge in [0.25, 0.3) is 5.91 Å². The predicted octanol–water partition coefficient (Wildman–Crippen LogP) is 3.06. The Morgan fingerprint density at radius 1 is 1.37 bits per heavy atom. The summed E-state index contributed by atoms with van der Waals surface area (Å²) in [7, 11) is 0. The fourth-order valence-corrected chi connectivity index (χ4v) is 4.62. The number of hydrogen-bond acceptors (Lipinski definition) is 6. The fraction of sp³-hybridized carbons (Fsp3) is 0.579. The molecule has 4 rings (SSSR count). The number of ether oxygens (including phenoxy) is 1. The summed E-state index contributed by atoms with van der Waals surface area (Å²) in [6.07, 6.45) is -2.65. The van der Waals surface area contributed by atoms with E-state index in [1.165, 1.54) is 17.5 Å². The minimum Gasteiger partial charge on any atom is -0.379 e. The van der Waals surface area contributed by atoms with Gasteiger partial charge in [0.15, 0.2) is 6.04 Å². The lowest BCUT2D eigenvalue weighted by Crippen LogP contribution is -2.38. The molecule has 0 bridgehead atoms. The van der Waals surface area contributed by atoms with E-state index in [1.807, 2.05) is 5.38 Å². The lowest BCUT2D eigenvalue weighted by Gasteiger charge is -2.33. The van der Waals surface area contributed by atoms with Gasteiger partial charge in [0.2, 0.25) is 0 Å². The van der Waals surface area contributed by atoms with Crippen molar-refractivity contribution in [3.8, 4) is 0 Å². The topological polar surface area (TPSA) is 71.4 Å². The molecule has 2 aliphatic rings. The molecular formula is C19H24F3N5O2S.